The minimum Gasteiger partial charge on any atom is -0.398 e. The van der Waals surface area contributed by atoms with Gasteiger partial charge in [-0.05, 0) is 40.8 Å². The second-order valence-electron chi connectivity index (χ2n) is 3.45. The largest absolute Gasteiger partial charge is 0.406 e. The molecule has 1 heterocycles. The topological polar surface area (TPSA) is 30.9 Å². The lowest BCUT2D eigenvalue weighted by atomic mass is 10.2. The quantitative estimate of drug-likeness (QED) is 0.626. The highest BCUT2D eigenvalue weighted by atomic mass is 127. The van der Waals surface area contributed by atoms with E-state index in [0.29, 0.717) is 20.3 Å². The van der Waals surface area contributed by atoms with Crippen LogP contribution in [-0.2, 0) is 6.54 Å². The highest BCUT2D eigenvalue weighted by molar-refractivity contribution is 14.1. The molecule has 6 heteroatoms. The highest BCUT2D eigenvalue weighted by Gasteiger charge is 2.29. The number of benzene rings is 1. The van der Waals surface area contributed by atoms with Gasteiger partial charge in [0.1, 0.15) is 6.54 Å². The van der Waals surface area contributed by atoms with Crippen molar-refractivity contribution in [3.8, 4) is 0 Å². The predicted octanol–water partition coefficient (Wildman–Crippen LogP) is 3.39. The number of fused-ring (bicyclic) bond motifs is 1. The van der Waals surface area contributed by atoms with Crippen molar-refractivity contribution < 1.29 is 13.2 Å². The van der Waals surface area contributed by atoms with Gasteiger partial charge in [-0.3, -0.25) is 0 Å². The van der Waals surface area contributed by atoms with Crippen LogP contribution in [0.2, 0.25) is 0 Å². The summed E-state index contributed by atoms with van der Waals surface area (Å²) in [5.41, 5.74) is 6.72. The van der Waals surface area contributed by atoms with Crippen LogP contribution in [0.25, 0.3) is 10.9 Å². The first kappa shape index (κ1) is 11.6. The fourth-order valence-electron chi connectivity index (χ4n) is 1.62. The van der Waals surface area contributed by atoms with E-state index >= 15 is 0 Å². The molecule has 0 aliphatic carbocycles. The predicted molar refractivity (Wildman–Crippen MR) is 65.1 cm³/mol. The lowest BCUT2D eigenvalue weighted by molar-refractivity contribution is -0.140. The van der Waals surface area contributed by atoms with Crippen molar-refractivity contribution in [1.82, 2.24) is 4.57 Å². The van der Waals surface area contributed by atoms with Gasteiger partial charge in [0.25, 0.3) is 0 Å². The molecule has 2 nitrogen and oxygen atoms in total. The minimum atomic E-state index is -4.23. The summed E-state index contributed by atoms with van der Waals surface area (Å²) in [6.07, 6.45) is -4.23. The molecule has 0 fully saturated rings. The van der Waals surface area contributed by atoms with Crippen molar-refractivity contribution >= 4 is 39.2 Å². The Morgan fingerprint density at radius 3 is 2.62 bits per heavy atom. The Balaban J connectivity index is 2.61. The van der Waals surface area contributed by atoms with Crippen LogP contribution >= 0.6 is 22.6 Å². The standard InChI is InChI=1S/C10H8F3IN2/c11-10(12,13)5-16-8-3-1-2-7(15)6(8)4-9(16)14/h1-4H,5,15H2. The van der Waals surface area contributed by atoms with Gasteiger partial charge in [0.15, 0.2) is 0 Å². The van der Waals surface area contributed by atoms with Gasteiger partial charge in [-0.15, -0.1) is 0 Å². The second-order valence-corrected chi connectivity index (χ2v) is 4.55. The van der Waals surface area contributed by atoms with Gasteiger partial charge in [-0.1, -0.05) is 6.07 Å². The monoisotopic (exact) mass is 340 g/mol. The van der Waals surface area contributed by atoms with E-state index in [1.165, 1.54) is 4.57 Å². The number of nitrogens with two attached hydrogens (primary N) is 1. The Morgan fingerprint density at radius 1 is 1.31 bits per heavy atom. The van der Waals surface area contributed by atoms with Crippen LogP contribution in [-0.4, -0.2) is 10.7 Å². The first-order chi connectivity index (χ1) is 7.38. The van der Waals surface area contributed by atoms with Crippen molar-refractivity contribution in [2.24, 2.45) is 0 Å². The molecular formula is C10H8F3IN2. The number of hydrogen-bond acceptors (Lipinski definition) is 1. The van der Waals surface area contributed by atoms with Gasteiger partial charge >= 0.3 is 6.18 Å². The summed E-state index contributed by atoms with van der Waals surface area (Å²) in [5.74, 6) is 0. The van der Waals surface area contributed by atoms with Gasteiger partial charge in [0.05, 0.1) is 9.22 Å². The summed E-state index contributed by atoms with van der Waals surface area (Å²) in [4.78, 5) is 0. The van der Waals surface area contributed by atoms with E-state index in [4.69, 9.17) is 5.73 Å². The van der Waals surface area contributed by atoms with E-state index in [1.54, 1.807) is 24.3 Å². The molecule has 86 valence electrons. The summed E-state index contributed by atoms with van der Waals surface area (Å²) in [7, 11) is 0. The number of nitrogen functional groups attached to an aromatic ring is 1. The molecule has 0 unspecified atom stereocenters. The Morgan fingerprint density at radius 2 is 2.00 bits per heavy atom. The molecule has 0 aliphatic rings. The maximum atomic E-state index is 12.4. The third kappa shape index (κ3) is 2.11. The number of halogens is 4. The van der Waals surface area contributed by atoms with E-state index in [2.05, 4.69) is 0 Å². The number of nitrogens with zero attached hydrogens (tertiary/aromatic N) is 1. The molecule has 2 rings (SSSR count). The summed E-state index contributed by atoms with van der Waals surface area (Å²) < 4.78 is 38.9. The molecule has 2 N–H and O–H groups in total. The van der Waals surface area contributed by atoms with Gasteiger partial charge in [0, 0.05) is 11.1 Å². The van der Waals surface area contributed by atoms with Gasteiger partial charge < -0.3 is 10.3 Å². The van der Waals surface area contributed by atoms with E-state index in [9.17, 15) is 13.2 Å². The Hall–Kier alpha value is -0.920. The lowest BCUT2D eigenvalue weighted by Gasteiger charge is -2.10. The molecule has 0 radical (unpaired) electrons. The van der Waals surface area contributed by atoms with Crippen molar-refractivity contribution in [3.63, 3.8) is 0 Å². The zero-order valence-electron chi connectivity index (χ0n) is 8.05. The molecule has 0 amide bonds. The number of hydrogen-bond donors (Lipinski definition) is 1. The Kier molecular flexibility index (Phi) is 2.77. The van der Waals surface area contributed by atoms with E-state index < -0.39 is 12.7 Å². The first-order valence-corrected chi connectivity index (χ1v) is 5.56. The maximum absolute atomic E-state index is 12.4. The number of alkyl halides is 3. The fourth-order valence-corrected chi connectivity index (χ4v) is 2.36. The second kappa shape index (κ2) is 3.83. The zero-order valence-corrected chi connectivity index (χ0v) is 10.2. The molecule has 1 aromatic carbocycles. The van der Waals surface area contributed by atoms with Crippen LogP contribution in [0.5, 0.6) is 0 Å². The van der Waals surface area contributed by atoms with Crippen LogP contribution in [0, 0.1) is 3.70 Å². The molecule has 0 bridgehead atoms. The third-order valence-corrected chi connectivity index (χ3v) is 3.16. The average Bonchev–Trinajstić information content (AvgIpc) is 2.44. The third-order valence-electron chi connectivity index (χ3n) is 2.27. The van der Waals surface area contributed by atoms with E-state index in [-0.39, 0.29) is 0 Å². The number of rotatable bonds is 1. The molecule has 0 atom stereocenters. The molecule has 0 saturated carbocycles. The zero-order chi connectivity index (χ0) is 11.9. The van der Waals surface area contributed by atoms with E-state index in [0.717, 1.165) is 0 Å². The highest BCUT2D eigenvalue weighted by Crippen LogP contribution is 2.29. The summed E-state index contributed by atoms with van der Waals surface area (Å²) in [6, 6.07) is 6.63. The SMILES string of the molecule is Nc1cccc2c1cc(I)n2CC(F)(F)F. The van der Waals surface area contributed by atoms with E-state index in [1.807, 2.05) is 22.6 Å². The summed E-state index contributed by atoms with van der Waals surface area (Å²) in [5, 5.41) is 0.663. The molecule has 1 aromatic heterocycles. The Bertz CT molecular complexity index is 531. The van der Waals surface area contributed by atoms with Crippen molar-refractivity contribution in [1.29, 1.82) is 0 Å². The first-order valence-electron chi connectivity index (χ1n) is 4.48. The number of anilines is 1. The van der Waals surface area contributed by atoms with Crippen LogP contribution < -0.4 is 5.73 Å². The van der Waals surface area contributed by atoms with Crippen LogP contribution in [0.4, 0.5) is 18.9 Å². The normalized spacial score (nSPS) is 12.2. The lowest BCUT2D eigenvalue weighted by Crippen LogP contribution is -2.18. The van der Waals surface area contributed by atoms with Gasteiger partial charge in [-0.25, -0.2) is 0 Å². The van der Waals surface area contributed by atoms with Crippen molar-refractivity contribution in [2.75, 3.05) is 5.73 Å². The minimum absolute atomic E-state index is 0.497. The van der Waals surface area contributed by atoms with Crippen molar-refractivity contribution in [3.05, 3.63) is 28.0 Å². The van der Waals surface area contributed by atoms with Crippen LogP contribution in [0.3, 0.4) is 0 Å². The molecule has 0 aliphatic heterocycles. The summed E-state index contributed by atoms with van der Waals surface area (Å²) in [6.45, 7) is -0.988. The van der Waals surface area contributed by atoms with Gasteiger partial charge in [0.2, 0.25) is 0 Å². The van der Waals surface area contributed by atoms with Crippen LogP contribution in [0.1, 0.15) is 0 Å². The van der Waals surface area contributed by atoms with Crippen LogP contribution in [0.15, 0.2) is 24.3 Å². The van der Waals surface area contributed by atoms with Crippen molar-refractivity contribution in [2.45, 2.75) is 12.7 Å². The maximum Gasteiger partial charge on any atom is 0.406 e. The molecule has 16 heavy (non-hydrogen) atoms. The van der Waals surface area contributed by atoms with Gasteiger partial charge in [-0.2, -0.15) is 13.2 Å². The fraction of sp³-hybridized carbons (Fsp3) is 0.200. The smallest absolute Gasteiger partial charge is 0.398 e. The molecule has 0 spiro atoms. The molecular weight excluding hydrogens is 332 g/mol. The molecule has 2 aromatic rings. The molecule has 0 saturated heterocycles. The Labute approximate surface area is 103 Å². The number of aromatic nitrogens is 1. The average molecular weight is 340 g/mol. The summed E-state index contributed by atoms with van der Waals surface area (Å²) >= 11 is 1.88.